The highest BCUT2D eigenvalue weighted by atomic mass is 19.4. The zero-order valence-electron chi connectivity index (χ0n) is 11.6. The van der Waals surface area contributed by atoms with Crippen molar-refractivity contribution in [1.82, 2.24) is 0 Å². The van der Waals surface area contributed by atoms with Crippen molar-refractivity contribution in [2.45, 2.75) is 32.9 Å². The Morgan fingerprint density at radius 2 is 1.90 bits per heavy atom. The van der Waals surface area contributed by atoms with Crippen LogP contribution >= 0.6 is 0 Å². The summed E-state index contributed by atoms with van der Waals surface area (Å²) in [6.45, 7) is 4.19. The van der Waals surface area contributed by atoms with Crippen molar-refractivity contribution in [3.63, 3.8) is 0 Å². The summed E-state index contributed by atoms with van der Waals surface area (Å²) in [4.78, 5) is 0. The summed E-state index contributed by atoms with van der Waals surface area (Å²) < 4.78 is 44.3. The number of halogens is 3. The molecule has 1 aromatic rings. The van der Waals surface area contributed by atoms with Gasteiger partial charge in [0.25, 0.3) is 0 Å². The Morgan fingerprint density at radius 3 is 2.35 bits per heavy atom. The molecule has 0 unspecified atom stereocenters. The van der Waals surface area contributed by atoms with Gasteiger partial charge in [0, 0.05) is 5.56 Å². The minimum absolute atomic E-state index is 0.0345. The molecule has 6 heteroatoms. The second-order valence-electron chi connectivity index (χ2n) is 4.62. The molecule has 3 N–H and O–H groups in total. The van der Waals surface area contributed by atoms with E-state index in [0.717, 1.165) is 18.9 Å². The van der Waals surface area contributed by atoms with E-state index >= 15 is 0 Å². The molecule has 0 amide bonds. The van der Waals surface area contributed by atoms with Crippen LogP contribution in [0.5, 0.6) is 5.75 Å². The van der Waals surface area contributed by atoms with E-state index in [-0.39, 0.29) is 23.8 Å². The molecule has 0 aliphatic carbocycles. The van der Waals surface area contributed by atoms with Crippen molar-refractivity contribution >= 4 is 5.84 Å². The van der Waals surface area contributed by atoms with Crippen molar-refractivity contribution in [2.24, 2.45) is 11.7 Å². The van der Waals surface area contributed by atoms with Gasteiger partial charge in [-0.25, -0.2) is 0 Å². The fourth-order valence-corrected chi connectivity index (χ4v) is 1.78. The van der Waals surface area contributed by atoms with Gasteiger partial charge in [-0.15, -0.1) is 0 Å². The molecule has 0 aliphatic rings. The predicted molar refractivity (Wildman–Crippen MR) is 72.0 cm³/mol. The van der Waals surface area contributed by atoms with Gasteiger partial charge >= 0.3 is 6.18 Å². The van der Waals surface area contributed by atoms with E-state index < -0.39 is 17.6 Å². The lowest BCUT2D eigenvalue weighted by Crippen LogP contribution is -2.17. The van der Waals surface area contributed by atoms with Crippen molar-refractivity contribution in [3.8, 4) is 5.75 Å². The summed E-state index contributed by atoms with van der Waals surface area (Å²) in [6, 6.07) is 3.44. The molecule has 112 valence electrons. The molecule has 0 radical (unpaired) electrons. The standard InChI is InChI=1S/C14H19F3N2O/c1-3-9(4-2)8-20-12-6-5-10(13(18)19)7-11(12)14(15,16)17/h5-7,9H,3-4,8H2,1-2H3,(H3,18,19). The molecule has 0 saturated heterocycles. The summed E-state index contributed by atoms with van der Waals surface area (Å²) in [5.74, 6) is -0.389. The number of benzene rings is 1. The maximum atomic E-state index is 13.0. The van der Waals surface area contributed by atoms with Crippen LogP contribution < -0.4 is 10.5 Å². The van der Waals surface area contributed by atoms with Gasteiger partial charge in [-0.1, -0.05) is 26.7 Å². The number of ether oxygens (including phenoxy) is 1. The first-order chi connectivity index (χ1) is 9.29. The normalized spacial score (nSPS) is 11.7. The molecule has 0 atom stereocenters. The fourth-order valence-electron chi connectivity index (χ4n) is 1.78. The highest BCUT2D eigenvalue weighted by molar-refractivity contribution is 5.95. The monoisotopic (exact) mass is 288 g/mol. The van der Waals surface area contributed by atoms with Crippen LogP contribution in [-0.2, 0) is 6.18 Å². The third-order valence-electron chi connectivity index (χ3n) is 3.23. The van der Waals surface area contributed by atoms with Gasteiger partial charge in [0.05, 0.1) is 12.2 Å². The summed E-state index contributed by atoms with van der Waals surface area (Å²) in [6.07, 6.45) is -2.83. The summed E-state index contributed by atoms with van der Waals surface area (Å²) in [7, 11) is 0. The molecule has 20 heavy (non-hydrogen) atoms. The molecule has 0 fully saturated rings. The van der Waals surface area contributed by atoms with Crippen LogP contribution in [0.2, 0.25) is 0 Å². The predicted octanol–water partition coefficient (Wildman–Crippen LogP) is 3.80. The Bertz CT molecular complexity index is 468. The molecule has 3 nitrogen and oxygen atoms in total. The summed E-state index contributed by atoms with van der Waals surface area (Å²) in [5, 5.41) is 7.21. The largest absolute Gasteiger partial charge is 0.493 e. The second-order valence-corrected chi connectivity index (χ2v) is 4.62. The third kappa shape index (κ3) is 4.15. The Hall–Kier alpha value is -1.72. The lowest BCUT2D eigenvalue weighted by Gasteiger charge is -2.18. The van der Waals surface area contributed by atoms with Crippen molar-refractivity contribution in [2.75, 3.05) is 6.61 Å². The smallest absolute Gasteiger partial charge is 0.419 e. The van der Waals surface area contributed by atoms with Crippen LogP contribution in [-0.4, -0.2) is 12.4 Å². The first-order valence-corrected chi connectivity index (χ1v) is 6.48. The molecule has 0 bridgehead atoms. The summed E-state index contributed by atoms with van der Waals surface area (Å²) in [5.41, 5.74) is 4.36. The van der Waals surface area contributed by atoms with Crippen LogP contribution in [0.15, 0.2) is 18.2 Å². The molecular formula is C14H19F3N2O. The number of rotatable bonds is 6. The van der Waals surface area contributed by atoms with Crippen molar-refractivity contribution < 1.29 is 17.9 Å². The molecule has 1 rings (SSSR count). The summed E-state index contributed by atoms with van der Waals surface area (Å²) >= 11 is 0. The van der Waals surface area contributed by atoms with Gasteiger partial charge in [-0.2, -0.15) is 13.2 Å². The Balaban J connectivity index is 3.03. The Morgan fingerprint density at radius 1 is 1.30 bits per heavy atom. The SMILES string of the molecule is CCC(CC)COc1ccc(C(=N)N)cc1C(F)(F)F. The van der Waals surface area contributed by atoms with E-state index in [2.05, 4.69) is 0 Å². The number of nitrogens with one attached hydrogen (secondary N) is 1. The maximum absolute atomic E-state index is 13.0. The molecule has 0 saturated carbocycles. The van der Waals surface area contributed by atoms with Gasteiger partial charge in [0.1, 0.15) is 11.6 Å². The maximum Gasteiger partial charge on any atom is 0.419 e. The number of hydrogen-bond acceptors (Lipinski definition) is 2. The first-order valence-electron chi connectivity index (χ1n) is 6.48. The molecule has 0 aliphatic heterocycles. The van der Waals surface area contributed by atoms with Crippen molar-refractivity contribution in [1.29, 1.82) is 5.41 Å². The van der Waals surface area contributed by atoms with E-state index in [4.69, 9.17) is 15.9 Å². The molecule has 0 aromatic heterocycles. The van der Waals surface area contributed by atoms with Crippen LogP contribution in [0, 0.1) is 11.3 Å². The number of nitrogens with two attached hydrogens (primary N) is 1. The second kappa shape index (κ2) is 6.63. The number of amidine groups is 1. The third-order valence-corrected chi connectivity index (χ3v) is 3.23. The minimum Gasteiger partial charge on any atom is -0.493 e. The minimum atomic E-state index is -4.53. The average molecular weight is 288 g/mol. The first kappa shape index (κ1) is 16.3. The van der Waals surface area contributed by atoms with Gasteiger partial charge in [-0.3, -0.25) is 5.41 Å². The highest BCUT2D eigenvalue weighted by Gasteiger charge is 2.35. The van der Waals surface area contributed by atoms with E-state index in [0.29, 0.717) is 0 Å². The lowest BCUT2D eigenvalue weighted by molar-refractivity contribution is -0.139. The van der Waals surface area contributed by atoms with Gasteiger partial charge in [0.2, 0.25) is 0 Å². The zero-order chi connectivity index (χ0) is 15.3. The lowest BCUT2D eigenvalue weighted by atomic mass is 10.0. The number of nitrogen functional groups attached to an aromatic ring is 1. The van der Waals surface area contributed by atoms with Crippen LogP contribution in [0.4, 0.5) is 13.2 Å². The van der Waals surface area contributed by atoms with Gasteiger partial charge in [-0.05, 0) is 24.1 Å². The van der Waals surface area contributed by atoms with Gasteiger partial charge in [0.15, 0.2) is 0 Å². The van der Waals surface area contributed by atoms with Crippen molar-refractivity contribution in [3.05, 3.63) is 29.3 Å². The van der Waals surface area contributed by atoms with E-state index in [1.54, 1.807) is 0 Å². The molecule has 0 heterocycles. The topological polar surface area (TPSA) is 59.1 Å². The quantitative estimate of drug-likeness (QED) is 0.618. The van der Waals surface area contributed by atoms with Crippen LogP contribution in [0.3, 0.4) is 0 Å². The van der Waals surface area contributed by atoms with E-state index in [9.17, 15) is 13.2 Å². The highest BCUT2D eigenvalue weighted by Crippen LogP contribution is 2.37. The Kier molecular flexibility index (Phi) is 5.42. The fraction of sp³-hybridized carbons (Fsp3) is 0.500. The molecular weight excluding hydrogens is 269 g/mol. The Labute approximate surface area is 116 Å². The molecule has 1 aromatic carbocycles. The zero-order valence-corrected chi connectivity index (χ0v) is 11.6. The average Bonchev–Trinajstić information content (AvgIpc) is 2.38. The van der Waals surface area contributed by atoms with E-state index in [1.165, 1.54) is 12.1 Å². The number of alkyl halides is 3. The van der Waals surface area contributed by atoms with Crippen LogP contribution in [0.25, 0.3) is 0 Å². The number of hydrogen-bond donors (Lipinski definition) is 2. The van der Waals surface area contributed by atoms with E-state index in [1.807, 2.05) is 13.8 Å². The van der Waals surface area contributed by atoms with Crippen LogP contribution in [0.1, 0.15) is 37.8 Å². The van der Waals surface area contributed by atoms with Gasteiger partial charge < -0.3 is 10.5 Å². The molecule has 0 spiro atoms.